The van der Waals surface area contributed by atoms with Crippen LogP contribution >= 0.6 is 0 Å². The second-order valence-corrected chi connectivity index (χ2v) is 5.43. The molecule has 1 unspecified atom stereocenters. The SMILES string of the molecule is CCc1cc(COc2ccc(C(C)NC)cc2C)n(C)n1. The highest BCUT2D eigenvalue weighted by atomic mass is 16.5. The number of nitrogens with one attached hydrogen (secondary N) is 1. The molecule has 4 heteroatoms. The van der Waals surface area contributed by atoms with Gasteiger partial charge in [0.15, 0.2) is 0 Å². The first-order valence-electron chi connectivity index (χ1n) is 7.47. The third-order valence-corrected chi connectivity index (χ3v) is 3.90. The summed E-state index contributed by atoms with van der Waals surface area (Å²) in [6, 6.07) is 8.80. The van der Waals surface area contributed by atoms with Gasteiger partial charge in [-0.15, -0.1) is 0 Å². The summed E-state index contributed by atoms with van der Waals surface area (Å²) in [5, 5.41) is 7.69. The van der Waals surface area contributed by atoms with Crippen LogP contribution in [0.25, 0.3) is 0 Å². The Hall–Kier alpha value is -1.81. The monoisotopic (exact) mass is 287 g/mol. The highest BCUT2D eigenvalue weighted by Crippen LogP contribution is 2.23. The fourth-order valence-corrected chi connectivity index (χ4v) is 2.30. The van der Waals surface area contributed by atoms with E-state index >= 15 is 0 Å². The molecule has 1 atom stereocenters. The lowest BCUT2D eigenvalue weighted by Crippen LogP contribution is -2.12. The minimum absolute atomic E-state index is 0.349. The van der Waals surface area contributed by atoms with Crippen molar-refractivity contribution in [2.24, 2.45) is 7.05 Å². The number of hydrogen-bond acceptors (Lipinski definition) is 3. The van der Waals surface area contributed by atoms with E-state index in [1.807, 2.05) is 18.8 Å². The Kier molecular flexibility index (Phi) is 5.02. The molecular formula is C17H25N3O. The normalized spacial score (nSPS) is 12.4. The second kappa shape index (κ2) is 6.76. The number of nitrogens with zero attached hydrogens (tertiary/aromatic N) is 2. The third kappa shape index (κ3) is 3.64. The molecule has 0 saturated carbocycles. The van der Waals surface area contributed by atoms with Gasteiger partial charge in [0.1, 0.15) is 12.4 Å². The van der Waals surface area contributed by atoms with Gasteiger partial charge in [0.2, 0.25) is 0 Å². The molecule has 0 amide bonds. The maximum atomic E-state index is 5.95. The minimum atomic E-state index is 0.349. The van der Waals surface area contributed by atoms with E-state index in [0.717, 1.165) is 29.1 Å². The number of aromatic nitrogens is 2. The summed E-state index contributed by atoms with van der Waals surface area (Å²) in [6.07, 6.45) is 0.948. The largest absolute Gasteiger partial charge is 0.487 e. The van der Waals surface area contributed by atoms with E-state index in [0.29, 0.717) is 12.6 Å². The standard InChI is InChI=1S/C17H25N3O/c1-6-15-10-16(20(5)19-15)11-21-17-8-7-14(9-12(17)2)13(3)18-4/h7-10,13,18H,6,11H2,1-5H3. The van der Waals surface area contributed by atoms with Crippen LogP contribution in [-0.2, 0) is 20.1 Å². The summed E-state index contributed by atoms with van der Waals surface area (Å²) in [4.78, 5) is 0. The molecule has 2 aromatic rings. The molecule has 0 aliphatic heterocycles. The van der Waals surface area contributed by atoms with Gasteiger partial charge in [-0.25, -0.2) is 0 Å². The van der Waals surface area contributed by atoms with Crippen molar-refractivity contribution in [1.29, 1.82) is 0 Å². The molecule has 2 rings (SSSR count). The van der Waals surface area contributed by atoms with E-state index in [1.54, 1.807) is 0 Å². The van der Waals surface area contributed by atoms with Gasteiger partial charge in [-0.2, -0.15) is 5.10 Å². The first kappa shape index (κ1) is 15.6. The van der Waals surface area contributed by atoms with Gasteiger partial charge in [0, 0.05) is 13.1 Å². The molecule has 4 nitrogen and oxygen atoms in total. The third-order valence-electron chi connectivity index (χ3n) is 3.90. The minimum Gasteiger partial charge on any atom is -0.487 e. The van der Waals surface area contributed by atoms with Crippen molar-refractivity contribution >= 4 is 0 Å². The van der Waals surface area contributed by atoms with E-state index in [4.69, 9.17) is 4.74 Å². The Balaban J connectivity index is 2.07. The number of ether oxygens (including phenoxy) is 1. The zero-order valence-electron chi connectivity index (χ0n) is 13.6. The summed E-state index contributed by atoms with van der Waals surface area (Å²) < 4.78 is 7.84. The van der Waals surface area contributed by atoms with E-state index in [9.17, 15) is 0 Å². The Bertz CT molecular complexity index is 604. The molecule has 0 radical (unpaired) electrons. The molecule has 0 aliphatic rings. The van der Waals surface area contributed by atoms with E-state index < -0.39 is 0 Å². The van der Waals surface area contributed by atoms with Crippen LogP contribution in [0.15, 0.2) is 24.3 Å². The van der Waals surface area contributed by atoms with Crippen molar-refractivity contribution in [3.63, 3.8) is 0 Å². The van der Waals surface area contributed by atoms with Crippen molar-refractivity contribution < 1.29 is 4.74 Å². The molecule has 0 saturated heterocycles. The molecule has 0 spiro atoms. The van der Waals surface area contributed by atoms with Gasteiger partial charge in [0.25, 0.3) is 0 Å². The molecular weight excluding hydrogens is 262 g/mol. The van der Waals surface area contributed by atoms with E-state index in [2.05, 4.69) is 55.5 Å². The lowest BCUT2D eigenvalue weighted by Gasteiger charge is -2.14. The molecule has 1 N–H and O–H groups in total. The Labute approximate surface area is 127 Å². The molecule has 0 fully saturated rings. The average molecular weight is 287 g/mol. The van der Waals surface area contributed by atoms with Crippen LogP contribution in [-0.4, -0.2) is 16.8 Å². The summed E-state index contributed by atoms with van der Waals surface area (Å²) >= 11 is 0. The predicted octanol–water partition coefficient (Wildman–Crippen LogP) is 3.15. The molecule has 21 heavy (non-hydrogen) atoms. The lowest BCUT2D eigenvalue weighted by molar-refractivity contribution is 0.292. The van der Waals surface area contributed by atoms with Crippen LogP contribution in [0.1, 0.15) is 42.4 Å². The van der Waals surface area contributed by atoms with Crippen molar-refractivity contribution in [2.45, 2.75) is 39.8 Å². The van der Waals surface area contributed by atoms with Crippen LogP contribution in [0.3, 0.4) is 0 Å². The maximum absolute atomic E-state index is 5.95. The Morgan fingerprint density at radius 3 is 2.67 bits per heavy atom. The molecule has 1 aromatic carbocycles. The number of benzene rings is 1. The summed E-state index contributed by atoms with van der Waals surface area (Å²) in [7, 11) is 3.93. The van der Waals surface area contributed by atoms with Crippen LogP contribution in [0.2, 0.25) is 0 Å². The maximum Gasteiger partial charge on any atom is 0.130 e. The zero-order chi connectivity index (χ0) is 15.4. The summed E-state index contributed by atoms with van der Waals surface area (Å²) in [6.45, 7) is 6.89. The fourth-order valence-electron chi connectivity index (χ4n) is 2.30. The van der Waals surface area contributed by atoms with Gasteiger partial charge in [-0.3, -0.25) is 4.68 Å². The molecule has 0 aliphatic carbocycles. The highest BCUT2D eigenvalue weighted by Gasteiger charge is 2.08. The predicted molar refractivity (Wildman–Crippen MR) is 85.6 cm³/mol. The quantitative estimate of drug-likeness (QED) is 0.887. The van der Waals surface area contributed by atoms with E-state index in [-0.39, 0.29) is 0 Å². The van der Waals surface area contributed by atoms with Crippen LogP contribution in [0.4, 0.5) is 0 Å². The van der Waals surface area contributed by atoms with Crippen LogP contribution in [0, 0.1) is 6.92 Å². The second-order valence-electron chi connectivity index (χ2n) is 5.43. The Morgan fingerprint density at radius 1 is 1.33 bits per heavy atom. The Morgan fingerprint density at radius 2 is 2.10 bits per heavy atom. The average Bonchev–Trinajstić information content (AvgIpc) is 2.85. The van der Waals surface area contributed by atoms with Crippen molar-refractivity contribution in [2.75, 3.05) is 7.05 Å². The summed E-state index contributed by atoms with van der Waals surface area (Å²) in [5.74, 6) is 0.932. The molecule has 0 bridgehead atoms. The van der Waals surface area contributed by atoms with Crippen molar-refractivity contribution in [3.05, 3.63) is 46.8 Å². The van der Waals surface area contributed by atoms with Crippen molar-refractivity contribution in [1.82, 2.24) is 15.1 Å². The number of rotatable bonds is 6. The van der Waals surface area contributed by atoms with Crippen molar-refractivity contribution in [3.8, 4) is 5.75 Å². The van der Waals surface area contributed by atoms with Crippen LogP contribution < -0.4 is 10.1 Å². The van der Waals surface area contributed by atoms with Gasteiger partial charge in [-0.05, 0) is 50.6 Å². The topological polar surface area (TPSA) is 39.1 Å². The fraction of sp³-hybridized carbons (Fsp3) is 0.471. The highest BCUT2D eigenvalue weighted by molar-refractivity contribution is 5.37. The number of aryl methyl sites for hydroxylation is 3. The van der Waals surface area contributed by atoms with Gasteiger partial charge < -0.3 is 10.1 Å². The first-order chi connectivity index (χ1) is 10.0. The summed E-state index contributed by atoms with van der Waals surface area (Å²) in [5.41, 5.74) is 4.63. The van der Waals surface area contributed by atoms with Gasteiger partial charge in [-0.1, -0.05) is 19.1 Å². The molecule has 1 heterocycles. The smallest absolute Gasteiger partial charge is 0.130 e. The zero-order valence-corrected chi connectivity index (χ0v) is 13.6. The molecule has 114 valence electrons. The first-order valence-corrected chi connectivity index (χ1v) is 7.47. The van der Waals surface area contributed by atoms with E-state index in [1.165, 1.54) is 5.56 Å². The van der Waals surface area contributed by atoms with Crippen LogP contribution in [0.5, 0.6) is 5.75 Å². The van der Waals surface area contributed by atoms with Gasteiger partial charge >= 0.3 is 0 Å². The number of hydrogen-bond donors (Lipinski definition) is 1. The molecule has 1 aromatic heterocycles. The van der Waals surface area contributed by atoms with Gasteiger partial charge in [0.05, 0.1) is 11.4 Å². The lowest BCUT2D eigenvalue weighted by atomic mass is 10.1.